The average molecular weight is 271 g/mol. The minimum Gasteiger partial charge on any atom is -0.271 e. The molecule has 0 saturated heterocycles. The van der Waals surface area contributed by atoms with Crippen LogP contribution in [0.4, 0.5) is 0 Å². The SMILES string of the molecule is CC#CCCC(Cc1c(Cl)cccc1Cl)NN. The highest BCUT2D eigenvalue weighted by Crippen LogP contribution is 2.26. The molecule has 0 aliphatic heterocycles. The predicted molar refractivity (Wildman–Crippen MR) is 74.0 cm³/mol. The largest absolute Gasteiger partial charge is 0.271 e. The molecule has 0 aliphatic rings. The van der Waals surface area contributed by atoms with Crippen LogP contribution in [0.5, 0.6) is 0 Å². The van der Waals surface area contributed by atoms with Crippen molar-refractivity contribution in [2.24, 2.45) is 5.84 Å². The molecule has 0 amide bonds. The van der Waals surface area contributed by atoms with Crippen LogP contribution in [-0.2, 0) is 6.42 Å². The number of nitrogens with one attached hydrogen (secondary N) is 1. The van der Waals surface area contributed by atoms with E-state index in [9.17, 15) is 0 Å². The first-order chi connectivity index (χ1) is 8.19. The van der Waals surface area contributed by atoms with E-state index in [1.165, 1.54) is 0 Å². The summed E-state index contributed by atoms with van der Waals surface area (Å²) >= 11 is 12.2. The van der Waals surface area contributed by atoms with Crippen LogP contribution in [0.1, 0.15) is 25.3 Å². The Bertz CT molecular complexity index is 401. The van der Waals surface area contributed by atoms with Gasteiger partial charge in [0.15, 0.2) is 0 Å². The number of benzene rings is 1. The van der Waals surface area contributed by atoms with Crippen LogP contribution in [0.2, 0.25) is 10.0 Å². The second kappa shape index (κ2) is 7.58. The minimum absolute atomic E-state index is 0.133. The highest BCUT2D eigenvalue weighted by Gasteiger charge is 2.12. The molecule has 0 spiro atoms. The van der Waals surface area contributed by atoms with Gasteiger partial charge in [-0.3, -0.25) is 11.3 Å². The van der Waals surface area contributed by atoms with E-state index in [4.69, 9.17) is 29.0 Å². The van der Waals surface area contributed by atoms with Gasteiger partial charge in [-0.2, -0.15) is 0 Å². The highest BCUT2D eigenvalue weighted by molar-refractivity contribution is 6.35. The monoisotopic (exact) mass is 270 g/mol. The van der Waals surface area contributed by atoms with Gasteiger partial charge in [0.1, 0.15) is 0 Å². The van der Waals surface area contributed by atoms with Crippen LogP contribution in [0.3, 0.4) is 0 Å². The van der Waals surface area contributed by atoms with Crippen molar-refractivity contribution in [1.82, 2.24) is 5.43 Å². The summed E-state index contributed by atoms with van der Waals surface area (Å²) in [5, 5.41) is 1.36. The number of hydrogen-bond donors (Lipinski definition) is 2. The molecule has 1 unspecified atom stereocenters. The number of halogens is 2. The van der Waals surface area contributed by atoms with Gasteiger partial charge in [-0.05, 0) is 37.5 Å². The second-order valence-corrected chi connectivity index (χ2v) is 4.55. The molecular formula is C13H16Cl2N2. The Labute approximate surface area is 112 Å². The van der Waals surface area contributed by atoms with E-state index in [1.54, 1.807) is 0 Å². The molecule has 0 aliphatic carbocycles. The van der Waals surface area contributed by atoms with Gasteiger partial charge in [0, 0.05) is 22.5 Å². The van der Waals surface area contributed by atoms with Crippen LogP contribution in [0.15, 0.2) is 18.2 Å². The summed E-state index contributed by atoms with van der Waals surface area (Å²) in [6.45, 7) is 1.83. The Kier molecular flexibility index (Phi) is 6.39. The molecule has 0 aromatic heterocycles. The third-order valence-corrected chi connectivity index (χ3v) is 3.25. The van der Waals surface area contributed by atoms with E-state index >= 15 is 0 Å². The third-order valence-electron chi connectivity index (χ3n) is 2.54. The van der Waals surface area contributed by atoms with Gasteiger partial charge in [-0.25, -0.2) is 0 Å². The lowest BCUT2D eigenvalue weighted by molar-refractivity contribution is 0.498. The van der Waals surface area contributed by atoms with Gasteiger partial charge < -0.3 is 0 Å². The van der Waals surface area contributed by atoms with Gasteiger partial charge in [-0.1, -0.05) is 29.3 Å². The summed E-state index contributed by atoms with van der Waals surface area (Å²) in [6, 6.07) is 5.64. The Hall–Kier alpha value is -0.720. The predicted octanol–water partition coefficient (Wildman–Crippen LogP) is 3.17. The van der Waals surface area contributed by atoms with Crippen molar-refractivity contribution >= 4 is 23.2 Å². The smallest absolute Gasteiger partial charge is 0.0453 e. The molecule has 0 heterocycles. The first kappa shape index (κ1) is 14.3. The van der Waals surface area contributed by atoms with Gasteiger partial charge in [-0.15, -0.1) is 11.8 Å². The fourth-order valence-corrected chi connectivity index (χ4v) is 2.14. The van der Waals surface area contributed by atoms with E-state index < -0.39 is 0 Å². The summed E-state index contributed by atoms with van der Waals surface area (Å²) < 4.78 is 0. The van der Waals surface area contributed by atoms with Crippen molar-refractivity contribution in [2.75, 3.05) is 0 Å². The molecule has 0 bridgehead atoms. The third kappa shape index (κ3) is 4.57. The lowest BCUT2D eigenvalue weighted by atomic mass is 10.0. The maximum atomic E-state index is 6.11. The van der Waals surface area contributed by atoms with E-state index in [1.807, 2.05) is 25.1 Å². The summed E-state index contributed by atoms with van der Waals surface area (Å²) in [5.74, 6) is 11.4. The van der Waals surface area contributed by atoms with E-state index in [-0.39, 0.29) is 6.04 Å². The average Bonchev–Trinajstić information content (AvgIpc) is 2.32. The lowest BCUT2D eigenvalue weighted by Crippen LogP contribution is -2.36. The molecule has 0 radical (unpaired) electrons. The molecule has 1 aromatic carbocycles. The molecule has 1 aromatic rings. The maximum absolute atomic E-state index is 6.11. The van der Waals surface area contributed by atoms with Crippen molar-refractivity contribution in [1.29, 1.82) is 0 Å². The molecular weight excluding hydrogens is 255 g/mol. The number of nitrogens with two attached hydrogens (primary N) is 1. The van der Waals surface area contributed by atoms with Crippen molar-refractivity contribution in [3.05, 3.63) is 33.8 Å². The normalized spacial score (nSPS) is 11.8. The van der Waals surface area contributed by atoms with Gasteiger partial charge in [0.2, 0.25) is 0 Å². The number of hydrogen-bond acceptors (Lipinski definition) is 2. The number of hydrazine groups is 1. The minimum atomic E-state index is 0.133. The van der Waals surface area contributed by atoms with Crippen LogP contribution in [0.25, 0.3) is 0 Å². The van der Waals surface area contributed by atoms with Crippen LogP contribution in [0, 0.1) is 11.8 Å². The fraction of sp³-hybridized carbons (Fsp3) is 0.385. The Morgan fingerprint density at radius 2 is 2.00 bits per heavy atom. The van der Waals surface area contributed by atoms with Gasteiger partial charge in [0.25, 0.3) is 0 Å². The summed E-state index contributed by atoms with van der Waals surface area (Å²) in [6.07, 6.45) is 2.40. The topological polar surface area (TPSA) is 38.0 Å². The van der Waals surface area contributed by atoms with E-state index in [0.29, 0.717) is 16.5 Å². The summed E-state index contributed by atoms with van der Waals surface area (Å²) in [5.41, 5.74) is 3.71. The Morgan fingerprint density at radius 1 is 1.35 bits per heavy atom. The highest BCUT2D eigenvalue weighted by atomic mass is 35.5. The second-order valence-electron chi connectivity index (χ2n) is 3.73. The van der Waals surface area contributed by atoms with Crippen molar-refractivity contribution in [3.63, 3.8) is 0 Å². The summed E-state index contributed by atoms with van der Waals surface area (Å²) in [4.78, 5) is 0. The molecule has 2 nitrogen and oxygen atoms in total. The zero-order valence-corrected chi connectivity index (χ0v) is 11.3. The molecule has 4 heteroatoms. The number of rotatable bonds is 5. The molecule has 0 fully saturated rings. The quantitative estimate of drug-likeness (QED) is 0.490. The lowest BCUT2D eigenvalue weighted by Gasteiger charge is -2.16. The van der Waals surface area contributed by atoms with E-state index in [0.717, 1.165) is 18.4 Å². The maximum Gasteiger partial charge on any atom is 0.0453 e. The zero-order valence-electron chi connectivity index (χ0n) is 9.76. The molecule has 17 heavy (non-hydrogen) atoms. The van der Waals surface area contributed by atoms with E-state index in [2.05, 4.69) is 17.3 Å². The van der Waals surface area contributed by atoms with Crippen LogP contribution >= 0.6 is 23.2 Å². The first-order valence-electron chi connectivity index (χ1n) is 5.47. The zero-order chi connectivity index (χ0) is 12.7. The summed E-state index contributed by atoms with van der Waals surface area (Å²) in [7, 11) is 0. The molecule has 3 N–H and O–H groups in total. The molecule has 92 valence electrons. The standard InChI is InChI=1S/C13H16Cl2N2/c1-2-3-4-6-10(17-16)9-11-12(14)7-5-8-13(11)15/h5,7-8,10,17H,4,6,9,16H2,1H3. The molecule has 1 atom stereocenters. The van der Waals surface area contributed by atoms with Crippen LogP contribution in [-0.4, -0.2) is 6.04 Å². The Balaban J connectivity index is 2.69. The van der Waals surface area contributed by atoms with Crippen molar-refractivity contribution in [2.45, 2.75) is 32.2 Å². The fourth-order valence-electron chi connectivity index (χ4n) is 1.59. The molecule has 1 rings (SSSR count). The van der Waals surface area contributed by atoms with Crippen LogP contribution < -0.4 is 11.3 Å². The van der Waals surface area contributed by atoms with Crippen molar-refractivity contribution in [3.8, 4) is 11.8 Å². The van der Waals surface area contributed by atoms with Crippen molar-refractivity contribution < 1.29 is 0 Å². The van der Waals surface area contributed by atoms with Gasteiger partial charge >= 0.3 is 0 Å². The molecule has 0 saturated carbocycles. The Morgan fingerprint density at radius 3 is 2.53 bits per heavy atom. The first-order valence-corrected chi connectivity index (χ1v) is 6.23. The van der Waals surface area contributed by atoms with Gasteiger partial charge in [0.05, 0.1) is 0 Å².